The predicted molar refractivity (Wildman–Crippen MR) is 78.7 cm³/mol. The molecule has 0 aromatic heterocycles. The van der Waals surface area contributed by atoms with Crippen LogP contribution in [-0.4, -0.2) is 14.2 Å². The average molecular weight is 297 g/mol. The summed E-state index contributed by atoms with van der Waals surface area (Å²) in [5, 5.41) is 3.34. The third kappa shape index (κ3) is 2.88. The minimum atomic E-state index is -0.498. The number of rotatable bonds is 4. The quantitative estimate of drug-likeness (QED) is 0.842. The minimum absolute atomic E-state index is 0.214. The molecule has 0 fully saturated rings. The predicted octanol–water partition coefficient (Wildman–Crippen LogP) is 3.82. The van der Waals surface area contributed by atoms with Crippen LogP contribution in [0.3, 0.4) is 0 Å². The van der Waals surface area contributed by atoms with Crippen molar-refractivity contribution in [2.75, 3.05) is 25.3 Å². The number of nitrogens with one attached hydrogen (secondary N) is 1. The number of ether oxygens (including phenoxy) is 2. The summed E-state index contributed by atoms with van der Waals surface area (Å²) in [4.78, 5) is 0. The Morgan fingerprint density at radius 1 is 1.10 bits per heavy atom. The van der Waals surface area contributed by atoms with Gasteiger partial charge in [-0.15, -0.1) is 0 Å². The number of halogens is 2. The number of benzene rings is 2. The number of anilines is 3. The molecule has 0 bridgehead atoms. The van der Waals surface area contributed by atoms with Gasteiger partial charge in [-0.05, 0) is 12.1 Å². The van der Waals surface area contributed by atoms with Crippen molar-refractivity contribution in [3.8, 4) is 11.5 Å². The number of hydrogen-bond donors (Lipinski definition) is 2. The van der Waals surface area contributed by atoms with Gasteiger partial charge >= 0.3 is 0 Å². The highest BCUT2D eigenvalue weighted by atomic mass is 35.5. The molecule has 0 amide bonds. The molecule has 2 aromatic carbocycles. The Morgan fingerprint density at radius 2 is 1.85 bits per heavy atom. The second kappa shape index (κ2) is 5.88. The van der Waals surface area contributed by atoms with Crippen LogP contribution in [0, 0.1) is 5.82 Å². The Kier molecular flexibility index (Phi) is 4.20. The van der Waals surface area contributed by atoms with Crippen LogP contribution in [0.5, 0.6) is 11.5 Å². The molecule has 0 saturated carbocycles. The normalized spacial score (nSPS) is 10.2. The van der Waals surface area contributed by atoms with Crippen molar-refractivity contribution in [1.29, 1.82) is 0 Å². The third-order valence-corrected chi connectivity index (χ3v) is 3.09. The van der Waals surface area contributed by atoms with Gasteiger partial charge in [0.05, 0.1) is 36.3 Å². The summed E-state index contributed by atoms with van der Waals surface area (Å²) in [6.45, 7) is 0. The molecule has 0 saturated heterocycles. The van der Waals surface area contributed by atoms with E-state index in [-0.39, 0.29) is 11.4 Å². The molecule has 2 aromatic rings. The fourth-order valence-electron chi connectivity index (χ4n) is 1.71. The van der Waals surface area contributed by atoms with Gasteiger partial charge in [0.2, 0.25) is 0 Å². The van der Waals surface area contributed by atoms with Crippen LogP contribution in [0.1, 0.15) is 0 Å². The molecule has 2 rings (SSSR count). The van der Waals surface area contributed by atoms with Gasteiger partial charge in [0.25, 0.3) is 0 Å². The molecule has 0 heterocycles. The lowest BCUT2D eigenvalue weighted by atomic mass is 10.2. The standard InChI is InChI=1S/C14H14ClFN2O2/c1-19-8-3-4-9(15)12(5-8)18-13-7-14(20-2)11(17)6-10(13)16/h3-7,18H,17H2,1-2H3. The maximum absolute atomic E-state index is 13.9. The first kappa shape index (κ1) is 14.3. The highest BCUT2D eigenvalue weighted by Gasteiger charge is 2.10. The first-order chi connectivity index (χ1) is 9.55. The van der Waals surface area contributed by atoms with Gasteiger partial charge in [0, 0.05) is 18.2 Å². The lowest BCUT2D eigenvalue weighted by Gasteiger charge is -2.13. The van der Waals surface area contributed by atoms with E-state index in [0.29, 0.717) is 22.2 Å². The van der Waals surface area contributed by atoms with Crippen LogP contribution in [-0.2, 0) is 0 Å². The van der Waals surface area contributed by atoms with E-state index in [1.807, 2.05) is 0 Å². The van der Waals surface area contributed by atoms with Gasteiger partial charge in [0.15, 0.2) is 0 Å². The second-order valence-corrected chi connectivity index (χ2v) is 4.45. The van der Waals surface area contributed by atoms with E-state index in [9.17, 15) is 4.39 Å². The number of hydrogen-bond acceptors (Lipinski definition) is 4. The monoisotopic (exact) mass is 296 g/mol. The molecular formula is C14H14ClFN2O2. The zero-order valence-corrected chi connectivity index (χ0v) is 11.8. The van der Waals surface area contributed by atoms with Gasteiger partial charge in [-0.3, -0.25) is 0 Å². The van der Waals surface area contributed by atoms with E-state index >= 15 is 0 Å². The summed E-state index contributed by atoms with van der Waals surface area (Å²) < 4.78 is 24.1. The van der Waals surface area contributed by atoms with Crippen molar-refractivity contribution >= 4 is 28.7 Å². The Balaban J connectivity index is 2.39. The van der Waals surface area contributed by atoms with Gasteiger partial charge in [-0.25, -0.2) is 4.39 Å². The minimum Gasteiger partial charge on any atom is -0.497 e. The van der Waals surface area contributed by atoms with Crippen molar-refractivity contribution in [2.45, 2.75) is 0 Å². The van der Waals surface area contributed by atoms with Crippen LogP contribution in [0.15, 0.2) is 30.3 Å². The van der Waals surface area contributed by atoms with E-state index in [1.54, 1.807) is 25.3 Å². The van der Waals surface area contributed by atoms with Crippen LogP contribution in [0.25, 0.3) is 0 Å². The molecule has 0 aliphatic carbocycles. The Hall–Kier alpha value is -2.14. The smallest absolute Gasteiger partial charge is 0.148 e. The molecular weight excluding hydrogens is 283 g/mol. The molecule has 6 heteroatoms. The van der Waals surface area contributed by atoms with E-state index in [1.165, 1.54) is 19.2 Å². The number of nitrogen functional groups attached to an aromatic ring is 1. The molecule has 0 radical (unpaired) electrons. The van der Waals surface area contributed by atoms with Crippen LogP contribution in [0.2, 0.25) is 5.02 Å². The Morgan fingerprint density at radius 3 is 2.50 bits per heavy atom. The molecule has 0 aliphatic heterocycles. The molecule has 106 valence electrons. The van der Waals surface area contributed by atoms with Crippen molar-refractivity contribution in [3.05, 3.63) is 41.2 Å². The van der Waals surface area contributed by atoms with Gasteiger partial charge < -0.3 is 20.5 Å². The fourth-order valence-corrected chi connectivity index (χ4v) is 1.88. The highest BCUT2D eigenvalue weighted by Crippen LogP contribution is 2.34. The summed E-state index contributed by atoms with van der Waals surface area (Å²) in [7, 11) is 3.01. The SMILES string of the molecule is COc1ccc(Cl)c(Nc2cc(OC)c(N)cc2F)c1. The van der Waals surface area contributed by atoms with Crippen molar-refractivity contribution in [2.24, 2.45) is 0 Å². The lowest BCUT2D eigenvalue weighted by Crippen LogP contribution is -1.99. The van der Waals surface area contributed by atoms with Crippen LogP contribution in [0.4, 0.5) is 21.5 Å². The average Bonchev–Trinajstić information content (AvgIpc) is 2.44. The Bertz CT molecular complexity index is 635. The van der Waals surface area contributed by atoms with Crippen molar-refractivity contribution in [3.63, 3.8) is 0 Å². The Labute approximate surface area is 121 Å². The van der Waals surface area contributed by atoms with E-state index < -0.39 is 5.82 Å². The first-order valence-electron chi connectivity index (χ1n) is 5.78. The molecule has 0 atom stereocenters. The topological polar surface area (TPSA) is 56.5 Å². The van der Waals surface area contributed by atoms with Crippen molar-refractivity contribution in [1.82, 2.24) is 0 Å². The van der Waals surface area contributed by atoms with Gasteiger partial charge in [-0.1, -0.05) is 11.6 Å². The van der Waals surface area contributed by atoms with Gasteiger partial charge in [0.1, 0.15) is 17.3 Å². The molecule has 3 N–H and O–H groups in total. The first-order valence-corrected chi connectivity index (χ1v) is 6.16. The zero-order valence-electron chi connectivity index (χ0n) is 11.0. The summed E-state index contributed by atoms with van der Waals surface area (Å²) in [6.07, 6.45) is 0. The molecule has 4 nitrogen and oxygen atoms in total. The molecule has 0 unspecified atom stereocenters. The van der Waals surface area contributed by atoms with Gasteiger partial charge in [-0.2, -0.15) is 0 Å². The number of nitrogens with two attached hydrogens (primary N) is 1. The molecule has 20 heavy (non-hydrogen) atoms. The summed E-state index contributed by atoms with van der Waals surface area (Å²) in [5.41, 5.74) is 6.60. The van der Waals surface area contributed by atoms with Crippen LogP contribution < -0.4 is 20.5 Å². The maximum atomic E-state index is 13.9. The fraction of sp³-hybridized carbons (Fsp3) is 0.143. The van der Waals surface area contributed by atoms with Crippen LogP contribution >= 0.6 is 11.6 Å². The summed E-state index contributed by atoms with van der Waals surface area (Å²) >= 11 is 6.06. The summed E-state index contributed by atoms with van der Waals surface area (Å²) in [6, 6.07) is 7.71. The largest absolute Gasteiger partial charge is 0.497 e. The summed E-state index contributed by atoms with van der Waals surface area (Å²) in [5.74, 6) is 0.495. The lowest BCUT2D eigenvalue weighted by molar-refractivity contribution is 0.415. The maximum Gasteiger partial charge on any atom is 0.148 e. The zero-order chi connectivity index (χ0) is 14.7. The highest BCUT2D eigenvalue weighted by molar-refractivity contribution is 6.33. The van der Waals surface area contributed by atoms with E-state index in [2.05, 4.69) is 5.32 Å². The van der Waals surface area contributed by atoms with E-state index in [4.69, 9.17) is 26.8 Å². The number of methoxy groups -OCH3 is 2. The molecule has 0 aliphatic rings. The second-order valence-electron chi connectivity index (χ2n) is 4.04. The van der Waals surface area contributed by atoms with E-state index in [0.717, 1.165) is 0 Å². The molecule has 0 spiro atoms. The third-order valence-electron chi connectivity index (χ3n) is 2.76. The van der Waals surface area contributed by atoms with Crippen molar-refractivity contribution < 1.29 is 13.9 Å².